The van der Waals surface area contributed by atoms with Crippen molar-refractivity contribution in [3.05, 3.63) is 35.4 Å². The molecule has 4 nitrogen and oxygen atoms in total. The summed E-state index contributed by atoms with van der Waals surface area (Å²) in [5.74, 6) is -0.778. The molecule has 0 unspecified atom stereocenters. The first-order chi connectivity index (χ1) is 8.15. The van der Waals surface area contributed by atoms with E-state index >= 15 is 0 Å². The molecule has 0 aliphatic carbocycles. The van der Waals surface area contributed by atoms with Crippen LogP contribution < -0.4 is 0 Å². The fourth-order valence-corrected chi connectivity index (χ4v) is 1.56. The number of carboxylic acids is 1. The van der Waals surface area contributed by atoms with Crippen LogP contribution in [0, 0.1) is 0 Å². The van der Waals surface area contributed by atoms with Crippen LogP contribution in [0.4, 0.5) is 0 Å². The van der Waals surface area contributed by atoms with Crippen molar-refractivity contribution < 1.29 is 14.7 Å². The molecular formula is C13H17NO3. The lowest BCUT2D eigenvalue weighted by Gasteiger charge is -2.19. The number of carbonyl (C=O) groups excluding carboxylic acids is 1. The van der Waals surface area contributed by atoms with Gasteiger partial charge in [-0.3, -0.25) is 14.5 Å². The average molecular weight is 235 g/mol. The Bertz CT molecular complexity index is 373. The van der Waals surface area contributed by atoms with Crippen LogP contribution in [0.15, 0.2) is 24.3 Å². The van der Waals surface area contributed by atoms with E-state index in [0.717, 1.165) is 18.4 Å². The first-order valence-electron chi connectivity index (χ1n) is 5.64. The van der Waals surface area contributed by atoms with Crippen molar-refractivity contribution >= 4 is 12.3 Å². The summed E-state index contributed by atoms with van der Waals surface area (Å²) in [5.41, 5.74) is 1.74. The predicted molar refractivity (Wildman–Crippen MR) is 65.0 cm³/mol. The number of aldehydes is 1. The molecule has 0 amide bonds. The molecule has 1 aromatic carbocycles. The SMILES string of the molecule is CCN(CCC(=O)O)Cc1ccc(C=O)cc1. The van der Waals surface area contributed by atoms with Gasteiger partial charge < -0.3 is 5.11 Å². The molecule has 1 N–H and O–H groups in total. The van der Waals surface area contributed by atoms with E-state index in [1.165, 1.54) is 0 Å². The molecule has 0 bridgehead atoms. The molecule has 0 fully saturated rings. The number of rotatable bonds is 7. The number of hydrogen-bond acceptors (Lipinski definition) is 3. The molecule has 1 aromatic rings. The summed E-state index contributed by atoms with van der Waals surface area (Å²) in [4.78, 5) is 23.0. The molecule has 0 aliphatic heterocycles. The molecule has 1 rings (SSSR count). The van der Waals surface area contributed by atoms with Gasteiger partial charge in [0.05, 0.1) is 6.42 Å². The number of hydrogen-bond donors (Lipinski definition) is 1. The minimum Gasteiger partial charge on any atom is -0.481 e. The highest BCUT2D eigenvalue weighted by atomic mass is 16.4. The molecule has 0 aromatic heterocycles. The van der Waals surface area contributed by atoms with Crippen LogP contribution in [-0.4, -0.2) is 35.4 Å². The van der Waals surface area contributed by atoms with Crippen LogP contribution in [0.1, 0.15) is 29.3 Å². The molecule has 0 spiro atoms. The van der Waals surface area contributed by atoms with Crippen molar-refractivity contribution in [1.29, 1.82) is 0 Å². The van der Waals surface area contributed by atoms with Crippen LogP contribution in [0.25, 0.3) is 0 Å². The summed E-state index contributed by atoms with van der Waals surface area (Å²) in [6, 6.07) is 7.33. The van der Waals surface area contributed by atoms with Crippen molar-refractivity contribution in [2.45, 2.75) is 19.9 Å². The molecule has 0 saturated heterocycles. The minimum atomic E-state index is -0.778. The number of carbonyl (C=O) groups is 2. The summed E-state index contributed by atoms with van der Waals surface area (Å²) >= 11 is 0. The van der Waals surface area contributed by atoms with Gasteiger partial charge in [-0.05, 0) is 12.1 Å². The fraction of sp³-hybridized carbons (Fsp3) is 0.385. The van der Waals surface area contributed by atoms with E-state index < -0.39 is 5.97 Å². The summed E-state index contributed by atoms with van der Waals surface area (Å²) in [6.07, 6.45) is 0.964. The molecule has 4 heteroatoms. The predicted octanol–water partition coefficient (Wildman–Crippen LogP) is 1.80. The molecule has 92 valence electrons. The van der Waals surface area contributed by atoms with E-state index in [1.54, 1.807) is 12.1 Å². The van der Waals surface area contributed by atoms with E-state index in [1.807, 2.05) is 19.1 Å². The van der Waals surface area contributed by atoms with Crippen LogP contribution in [0.3, 0.4) is 0 Å². The van der Waals surface area contributed by atoms with Gasteiger partial charge in [0.15, 0.2) is 0 Å². The lowest BCUT2D eigenvalue weighted by molar-refractivity contribution is -0.137. The van der Waals surface area contributed by atoms with Crippen LogP contribution >= 0.6 is 0 Å². The highest BCUT2D eigenvalue weighted by Crippen LogP contribution is 2.07. The zero-order chi connectivity index (χ0) is 12.7. The number of benzene rings is 1. The Morgan fingerprint density at radius 3 is 2.47 bits per heavy atom. The van der Waals surface area contributed by atoms with Gasteiger partial charge in [-0.15, -0.1) is 0 Å². The quantitative estimate of drug-likeness (QED) is 0.732. The van der Waals surface area contributed by atoms with Crippen molar-refractivity contribution in [3.8, 4) is 0 Å². The monoisotopic (exact) mass is 235 g/mol. The summed E-state index contributed by atoms with van der Waals surface area (Å²) in [5, 5.41) is 8.63. The first kappa shape index (κ1) is 13.4. The second kappa shape index (κ2) is 6.81. The topological polar surface area (TPSA) is 57.6 Å². The van der Waals surface area contributed by atoms with Crippen molar-refractivity contribution in [1.82, 2.24) is 4.90 Å². The van der Waals surface area contributed by atoms with E-state index in [9.17, 15) is 9.59 Å². The number of aliphatic carboxylic acids is 1. The Morgan fingerprint density at radius 2 is 2.00 bits per heavy atom. The molecule has 0 heterocycles. The second-order valence-corrected chi connectivity index (χ2v) is 3.87. The zero-order valence-electron chi connectivity index (χ0n) is 9.93. The summed E-state index contributed by atoms with van der Waals surface area (Å²) in [7, 11) is 0. The molecule has 0 aliphatic rings. The zero-order valence-corrected chi connectivity index (χ0v) is 9.93. The van der Waals surface area contributed by atoms with Crippen molar-refractivity contribution in [3.63, 3.8) is 0 Å². The third kappa shape index (κ3) is 4.78. The summed E-state index contributed by atoms with van der Waals surface area (Å²) in [6.45, 7) is 4.06. The Hall–Kier alpha value is -1.68. The van der Waals surface area contributed by atoms with Gasteiger partial charge in [0, 0.05) is 18.7 Å². The highest BCUT2D eigenvalue weighted by Gasteiger charge is 2.06. The highest BCUT2D eigenvalue weighted by molar-refractivity contribution is 5.74. The third-order valence-electron chi connectivity index (χ3n) is 2.61. The van der Waals surface area contributed by atoms with Crippen molar-refractivity contribution in [2.24, 2.45) is 0 Å². The van der Waals surface area contributed by atoms with Crippen molar-refractivity contribution in [2.75, 3.05) is 13.1 Å². The first-order valence-corrected chi connectivity index (χ1v) is 5.64. The third-order valence-corrected chi connectivity index (χ3v) is 2.61. The molecular weight excluding hydrogens is 218 g/mol. The van der Waals surface area contributed by atoms with Gasteiger partial charge >= 0.3 is 5.97 Å². The minimum absolute atomic E-state index is 0.153. The molecule has 17 heavy (non-hydrogen) atoms. The van der Waals surface area contributed by atoms with Gasteiger partial charge in [0.1, 0.15) is 6.29 Å². The van der Waals surface area contributed by atoms with Crippen LogP contribution in [-0.2, 0) is 11.3 Å². The smallest absolute Gasteiger partial charge is 0.304 e. The molecule has 0 radical (unpaired) electrons. The van der Waals surface area contributed by atoms with E-state index in [2.05, 4.69) is 4.90 Å². The fourth-order valence-electron chi connectivity index (χ4n) is 1.56. The Kier molecular flexibility index (Phi) is 5.36. The molecule has 0 atom stereocenters. The summed E-state index contributed by atoms with van der Waals surface area (Å²) < 4.78 is 0. The van der Waals surface area contributed by atoms with E-state index in [-0.39, 0.29) is 6.42 Å². The lowest BCUT2D eigenvalue weighted by atomic mass is 10.1. The lowest BCUT2D eigenvalue weighted by Crippen LogP contribution is -2.25. The van der Waals surface area contributed by atoms with E-state index in [4.69, 9.17) is 5.11 Å². The largest absolute Gasteiger partial charge is 0.481 e. The van der Waals surface area contributed by atoms with Crippen LogP contribution in [0.5, 0.6) is 0 Å². The van der Waals surface area contributed by atoms with Gasteiger partial charge in [-0.1, -0.05) is 31.2 Å². The van der Waals surface area contributed by atoms with Gasteiger partial charge in [-0.2, -0.15) is 0 Å². The second-order valence-electron chi connectivity index (χ2n) is 3.87. The molecule has 0 saturated carbocycles. The standard InChI is InChI=1S/C13H17NO3/c1-2-14(8-7-13(16)17)9-11-3-5-12(10-15)6-4-11/h3-6,10H,2,7-9H2,1H3,(H,16,17). The number of carboxylic acid groups (broad SMARTS) is 1. The van der Waals surface area contributed by atoms with Crippen LogP contribution in [0.2, 0.25) is 0 Å². The average Bonchev–Trinajstić information content (AvgIpc) is 2.35. The maximum absolute atomic E-state index is 10.5. The Morgan fingerprint density at radius 1 is 1.35 bits per heavy atom. The maximum Gasteiger partial charge on any atom is 0.304 e. The Labute approximate surface area is 101 Å². The normalized spacial score (nSPS) is 10.5. The van der Waals surface area contributed by atoms with Gasteiger partial charge in [-0.25, -0.2) is 0 Å². The maximum atomic E-state index is 10.5. The van der Waals surface area contributed by atoms with Gasteiger partial charge in [0.2, 0.25) is 0 Å². The number of nitrogens with zero attached hydrogens (tertiary/aromatic N) is 1. The van der Waals surface area contributed by atoms with Gasteiger partial charge in [0.25, 0.3) is 0 Å². The van der Waals surface area contributed by atoms with E-state index in [0.29, 0.717) is 18.7 Å². The Balaban J connectivity index is 2.54.